The molecule has 0 spiro atoms. The Morgan fingerprint density at radius 1 is 1.24 bits per heavy atom. The second kappa shape index (κ2) is 10.6. The highest BCUT2D eigenvalue weighted by Gasteiger charge is 2.34. The fourth-order valence-electron chi connectivity index (χ4n) is 4.06. The molecule has 4 rings (SSSR count). The number of nitrogens with zero attached hydrogens (tertiary/aromatic N) is 4. The predicted octanol–water partition coefficient (Wildman–Crippen LogP) is 2.61. The molecule has 1 saturated heterocycles. The SMILES string of the molecule is CCNC(=O)CN1Cc2c(nc(SC)nc2-c2ccc(OCCN3CCCC3=O)cc2Cl)C1=O. The second-order valence-electron chi connectivity index (χ2n) is 7.98. The lowest BCUT2D eigenvalue weighted by molar-refractivity contribution is -0.128. The lowest BCUT2D eigenvalue weighted by atomic mass is 10.1. The summed E-state index contributed by atoms with van der Waals surface area (Å²) in [7, 11) is 0. The first-order valence-electron chi connectivity index (χ1n) is 11.1. The Balaban J connectivity index is 1.54. The van der Waals surface area contributed by atoms with E-state index in [1.807, 2.05) is 19.2 Å². The zero-order chi connectivity index (χ0) is 24.2. The molecule has 3 heterocycles. The summed E-state index contributed by atoms with van der Waals surface area (Å²) in [6.07, 6.45) is 3.33. The number of fused-ring (bicyclic) bond motifs is 1. The Labute approximate surface area is 207 Å². The molecule has 11 heteroatoms. The zero-order valence-electron chi connectivity index (χ0n) is 19.1. The number of hydrogen-bond acceptors (Lipinski definition) is 7. The number of ether oxygens (including phenoxy) is 1. The lowest BCUT2D eigenvalue weighted by Gasteiger charge is -2.16. The molecular weight excluding hydrogens is 478 g/mol. The molecular formula is C23H26ClN5O4S. The van der Waals surface area contributed by atoms with Crippen molar-refractivity contribution in [3.05, 3.63) is 34.5 Å². The summed E-state index contributed by atoms with van der Waals surface area (Å²) in [6.45, 7) is 4.20. The van der Waals surface area contributed by atoms with Gasteiger partial charge in [0.2, 0.25) is 11.8 Å². The Morgan fingerprint density at radius 2 is 2.03 bits per heavy atom. The lowest BCUT2D eigenvalue weighted by Crippen LogP contribution is -2.37. The molecule has 0 saturated carbocycles. The van der Waals surface area contributed by atoms with Gasteiger partial charge in [-0.2, -0.15) is 0 Å². The van der Waals surface area contributed by atoms with Gasteiger partial charge in [0.25, 0.3) is 5.91 Å². The third kappa shape index (κ3) is 5.12. The monoisotopic (exact) mass is 503 g/mol. The van der Waals surface area contributed by atoms with Crippen molar-refractivity contribution < 1.29 is 19.1 Å². The molecule has 0 radical (unpaired) electrons. The van der Waals surface area contributed by atoms with Crippen LogP contribution in [0.3, 0.4) is 0 Å². The Kier molecular flexibility index (Phi) is 7.57. The molecule has 0 aliphatic carbocycles. The van der Waals surface area contributed by atoms with Gasteiger partial charge in [-0.25, -0.2) is 9.97 Å². The quantitative estimate of drug-likeness (QED) is 0.414. The normalized spacial score (nSPS) is 15.1. The number of rotatable bonds is 9. The number of amides is 3. The van der Waals surface area contributed by atoms with Crippen molar-refractivity contribution in [1.82, 2.24) is 25.1 Å². The van der Waals surface area contributed by atoms with E-state index in [1.54, 1.807) is 17.0 Å². The van der Waals surface area contributed by atoms with Crippen LogP contribution in [-0.4, -0.2) is 76.5 Å². The van der Waals surface area contributed by atoms with E-state index in [0.717, 1.165) is 13.0 Å². The van der Waals surface area contributed by atoms with Gasteiger partial charge in [-0.15, -0.1) is 0 Å². The minimum absolute atomic E-state index is 0.0445. The Hall–Kier alpha value is -2.85. The van der Waals surface area contributed by atoms with Gasteiger partial charge in [-0.05, 0) is 37.8 Å². The van der Waals surface area contributed by atoms with Crippen LogP contribution >= 0.6 is 23.4 Å². The zero-order valence-corrected chi connectivity index (χ0v) is 20.7. The number of likely N-dealkylation sites (tertiary alicyclic amines) is 1. The number of carbonyl (C=O) groups excluding carboxylic acids is 3. The molecule has 1 aromatic carbocycles. The summed E-state index contributed by atoms with van der Waals surface area (Å²) in [6, 6.07) is 5.31. The van der Waals surface area contributed by atoms with Gasteiger partial charge in [-0.3, -0.25) is 14.4 Å². The summed E-state index contributed by atoms with van der Waals surface area (Å²) in [5.74, 6) is 0.228. The Morgan fingerprint density at radius 3 is 2.71 bits per heavy atom. The van der Waals surface area contributed by atoms with Crippen LogP contribution in [0.5, 0.6) is 5.75 Å². The number of thioether (sulfide) groups is 1. The van der Waals surface area contributed by atoms with Crippen molar-refractivity contribution in [2.45, 2.75) is 31.5 Å². The molecule has 1 fully saturated rings. The number of carbonyl (C=O) groups is 3. The van der Waals surface area contributed by atoms with E-state index in [-0.39, 0.29) is 30.8 Å². The maximum atomic E-state index is 12.9. The number of benzene rings is 1. The maximum absolute atomic E-state index is 12.9. The fourth-order valence-corrected chi connectivity index (χ4v) is 4.69. The average molecular weight is 504 g/mol. The average Bonchev–Trinajstić information content (AvgIpc) is 3.36. The molecule has 3 amide bonds. The standard InChI is InChI=1S/C23H26ClN5O4S/c1-3-25-18(30)13-29-12-16-20(26-23(34-2)27-21(16)22(29)32)15-7-6-14(11-17(15)24)33-10-9-28-8-4-5-19(28)31/h6-7,11H,3-5,8-10,12-13H2,1-2H3,(H,25,30). The summed E-state index contributed by atoms with van der Waals surface area (Å²) in [4.78, 5) is 49.0. The van der Waals surface area contributed by atoms with Crippen LogP contribution in [-0.2, 0) is 16.1 Å². The van der Waals surface area contributed by atoms with E-state index in [4.69, 9.17) is 16.3 Å². The van der Waals surface area contributed by atoms with Gasteiger partial charge in [0, 0.05) is 30.6 Å². The van der Waals surface area contributed by atoms with E-state index >= 15 is 0 Å². The van der Waals surface area contributed by atoms with E-state index in [1.165, 1.54) is 16.7 Å². The highest BCUT2D eigenvalue weighted by Crippen LogP contribution is 2.37. The highest BCUT2D eigenvalue weighted by molar-refractivity contribution is 7.98. The van der Waals surface area contributed by atoms with Crippen LogP contribution in [0.25, 0.3) is 11.3 Å². The van der Waals surface area contributed by atoms with Crippen LogP contribution in [0.4, 0.5) is 0 Å². The number of hydrogen-bond donors (Lipinski definition) is 1. The first-order valence-corrected chi connectivity index (χ1v) is 12.7. The molecule has 0 bridgehead atoms. The highest BCUT2D eigenvalue weighted by atomic mass is 35.5. The fraction of sp³-hybridized carbons (Fsp3) is 0.435. The van der Waals surface area contributed by atoms with Crippen molar-refractivity contribution in [2.75, 3.05) is 39.0 Å². The molecule has 180 valence electrons. The molecule has 2 aromatic rings. The second-order valence-corrected chi connectivity index (χ2v) is 9.16. The smallest absolute Gasteiger partial charge is 0.273 e. The van der Waals surface area contributed by atoms with Gasteiger partial charge in [-0.1, -0.05) is 23.4 Å². The van der Waals surface area contributed by atoms with E-state index in [0.29, 0.717) is 64.6 Å². The molecule has 0 atom stereocenters. The van der Waals surface area contributed by atoms with Crippen molar-refractivity contribution >= 4 is 41.1 Å². The predicted molar refractivity (Wildman–Crippen MR) is 129 cm³/mol. The summed E-state index contributed by atoms with van der Waals surface area (Å²) >= 11 is 7.94. The molecule has 2 aliphatic rings. The van der Waals surface area contributed by atoms with Crippen LogP contribution < -0.4 is 10.1 Å². The van der Waals surface area contributed by atoms with Crippen LogP contribution in [0.1, 0.15) is 35.8 Å². The largest absolute Gasteiger partial charge is 0.492 e. The van der Waals surface area contributed by atoms with Gasteiger partial charge in [0.05, 0.1) is 23.8 Å². The van der Waals surface area contributed by atoms with Crippen LogP contribution in [0.15, 0.2) is 23.4 Å². The number of aromatic nitrogens is 2. The van der Waals surface area contributed by atoms with Crippen LogP contribution in [0, 0.1) is 0 Å². The molecule has 2 aliphatic heterocycles. The number of nitrogens with one attached hydrogen (secondary N) is 1. The van der Waals surface area contributed by atoms with Crippen LogP contribution in [0.2, 0.25) is 5.02 Å². The third-order valence-corrected chi connectivity index (χ3v) is 6.57. The number of halogens is 1. The van der Waals surface area contributed by atoms with Crippen molar-refractivity contribution in [1.29, 1.82) is 0 Å². The Bertz CT molecular complexity index is 1130. The van der Waals surface area contributed by atoms with Crippen molar-refractivity contribution in [2.24, 2.45) is 0 Å². The van der Waals surface area contributed by atoms with E-state index in [2.05, 4.69) is 15.3 Å². The van der Waals surface area contributed by atoms with E-state index in [9.17, 15) is 14.4 Å². The minimum atomic E-state index is -0.298. The van der Waals surface area contributed by atoms with Crippen molar-refractivity contribution in [3.63, 3.8) is 0 Å². The first kappa shape index (κ1) is 24.3. The molecule has 0 unspecified atom stereocenters. The first-order chi connectivity index (χ1) is 16.4. The van der Waals surface area contributed by atoms with Crippen molar-refractivity contribution in [3.8, 4) is 17.0 Å². The maximum Gasteiger partial charge on any atom is 0.273 e. The molecule has 1 N–H and O–H groups in total. The summed E-state index contributed by atoms with van der Waals surface area (Å²) in [5.41, 5.74) is 2.17. The van der Waals surface area contributed by atoms with Gasteiger partial charge in [0.1, 0.15) is 24.6 Å². The molecule has 9 nitrogen and oxygen atoms in total. The molecule has 34 heavy (non-hydrogen) atoms. The van der Waals surface area contributed by atoms with Gasteiger partial charge < -0.3 is 19.9 Å². The topological polar surface area (TPSA) is 105 Å². The van der Waals surface area contributed by atoms with E-state index < -0.39 is 0 Å². The summed E-state index contributed by atoms with van der Waals surface area (Å²) < 4.78 is 5.80. The third-order valence-electron chi connectivity index (χ3n) is 5.71. The molecule has 1 aromatic heterocycles. The number of likely N-dealkylation sites (N-methyl/N-ethyl adjacent to an activating group) is 1. The van der Waals surface area contributed by atoms with Gasteiger partial charge >= 0.3 is 0 Å². The van der Waals surface area contributed by atoms with Gasteiger partial charge in [0.15, 0.2) is 5.16 Å². The minimum Gasteiger partial charge on any atom is -0.492 e. The summed E-state index contributed by atoms with van der Waals surface area (Å²) in [5, 5.41) is 3.59.